The second-order valence-corrected chi connectivity index (χ2v) is 13.6. The van der Waals surface area contributed by atoms with Crippen molar-refractivity contribution in [1.82, 2.24) is 9.97 Å². The van der Waals surface area contributed by atoms with Crippen LogP contribution in [0.2, 0.25) is 0 Å². The minimum Gasteiger partial charge on any atom is -0.348 e. The third-order valence-electron chi connectivity index (χ3n) is 11.8. The SMILES string of the molecule is CC(C)CCC[C@@H](C)[C@H]1CC[C@H]2[C@@H]3CCC4CC(c5ncc[nH]5)CC[C@]4(C)[C@H]3CC[C@]12C. The van der Waals surface area contributed by atoms with Crippen molar-refractivity contribution in [1.29, 1.82) is 0 Å². The number of fused-ring (bicyclic) bond motifs is 5. The zero-order valence-electron chi connectivity index (χ0n) is 21.7. The van der Waals surface area contributed by atoms with E-state index in [2.05, 4.69) is 44.6 Å². The van der Waals surface area contributed by atoms with Gasteiger partial charge in [-0.25, -0.2) is 4.98 Å². The Balaban J connectivity index is 1.27. The summed E-state index contributed by atoms with van der Waals surface area (Å²) in [7, 11) is 0. The van der Waals surface area contributed by atoms with Gasteiger partial charge in [-0.1, -0.05) is 53.9 Å². The van der Waals surface area contributed by atoms with Crippen molar-refractivity contribution in [3.8, 4) is 0 Å². The van der Waals surface area contributed by atoms with Crippen LogP contribution >= 0.6 is 0 Å². The first-order valence-corrected chi connectivity index (χ1v) is 14.3. The molecule has 0 aromatic carbocycles. The molecule has 2 heteroatoms. The summed E-state index contributed by atoms with van der Waals surface area (Å²) in [5.41, 5.74) is 1.22. The predicted octanol–water partition coefficient (Wildman–Crippen LogP) is 8.61. The molecule has 4 fully saturated rings. The molecule has 0 saturated heterocycles. The Labute approximate surface area is 198 Å². The van der Waals surface area contributed by atoms with E-state index in [1.165, 1.54) is 82.9 Å². The van der Waals surface area contributed by atoms with E-state index in [-0.39, 0.29) is 0 Å². The van der Waals surface area contributed by atoms with Crippen LogP contribution in [0.25, 0.3) is 0 Å². The van der Waals surface area contributed by atoms with Crippen molar-refractivity contribution in [3.63, 3.8) is 0 Å². The first-order valence-electron chi connectivity index (χ1n) is 14.3. The molecule has 2 nitrogen and oxygen atoms in total. The Kier molecular flexibility index (Phi) is 6.30. The lowest BCUT2D eigenvalue weighted by Gasteiger charge is -2.61. The molecule has 180 valence electrons. The van der Waals surface area contributed by atoms with Crippen LogP contribution in [0.3, 0.4) is 0 Å². The van der Waals surface area contributed by atoms with E-state index in [0.29, 0.717) is 16.7 Å². The first-order chi connectivity index (χ1) is 15.3. The Bertz CT molecular complexity index is 753. The molecule has 0 aliphatic heterocycles. The molecule has 32 heavy (non-hydrogen) atoms. The lowest BCUT2D eigenvalue weighted by molar-refractivity contribution is -0.117. The maximum Gasteiger partial charge on any atom is 0.109 e. The summed E-state index contributed by atoms with van der Waals surface area (Å²) in [5, 5.41) is 0. The fourth-order valence-electron chi connectivity index (χ4n) is 10.0. The highest BCUT2D eigenvalue weighted by Crippen LogP contribution is 2.69. The molecular weight excluding hydrogens is 388 g/mol. The van der Waals surface area contributed by atoms with Crippen LogP contribution in [0.15, 0.2) is 12.4 Å². The summed E-state index contributed by atoms with van der Waals surface area (Å²) < 4.78 is 0. The van der Waals surface area contributed by atoms with E-state index in [1.54, 1.807) is 0 Å². The topological polar surface area (TPSA) is 28.7 Å². The number of aromatic nitrogens is 2. The lowest BCUT2D eigenvalue weighted by Crippen LogP contribution is -2.53. The molecule has 4 saturated carbocycles. The van der Waals surface area contributed by atoms with E-state index in [0.717, 1.165) is 41.4 Å². The second-order valence-electron chi connectivity index (χ2n) is 13.6. The van der Waals surface area contributed by atoms with Crippen LogP contribution in [0.4, 0.5) is 0 Å². The molecule has 1 heterocycles. The second kappa shape index (κ2) is 8.77. The van der Waals surface area contributed by atoms with E-state index in [9.17, 15) is 0 Å². The van der Waals surface area contributed by atoms with Gasteiger partial charge in [0.1, 0.15) is 5.82 Å². The van der Waals surface area contributed by atoms with Gasteiger partial charge in [0.05, 0.1) is 0 Å². The Hall–Kier alpha value is -0.790. The minimum absolute atomic E-state index is 0.592. The van der Waals surface area contributed by atoms with Gasteiger partial charge in [0, 0.05) is 18.3 Å². The third kappa shape index (κ3) is 3.80. The molecule has 5 rings (SSSR count). The monoisotopic (exact) mass is 438 g/mol. The average Bonchev–Trinajstić information content (AvgIpc) is 3.40. The Morgan fingerprint density at radius 3 is 2.47 bits per heavy atom. The summed E-state index contributed by atoms with van der Waals surface area (Å²) in [5.74, 6) is 8.66. The number of nitrogens with one attached hydrogen (secondary N) is 1. The number of hydrogen-bond donors (Lipinski definition) is 1. The summed E-state index contributed by atoms with van der Waals surface area (Å²) in [6, 6.07) is 0. The molecule has 9 atom stereocenters. The number of rotatable bonds is 6. The van der Waals surface area contributed by atoms with Gasteiger partial charge in [0.2, 0.25) is 0 Å². The number of H-pyrrole nitrogens is 1. The first kappa shape index (κ1) is 23.0. The van der Waals surface area contributed by atoms with Gasteiger partial charge < -0.3 is 4.98 Å². The standard InChI is InChI=1S/C30H50N2/c1-20(2)7-6-8-21(3)25-11-12-26-24-10-9-23-19-22(28-31-17-18-32-28)13-15-29(23,4)27(24)14-16-30(25,26)5/h17-18,20-27H,6-16,19H2,1-5H3,(H,31,32)/t21-,22?,23?,24+,25-,26+,27+,29+,30-/m1/s1. The summed E-state index contributed by atoms with van der Waals surface area (Å²) in [4.78, 5) is 8.07. The van der Waals surface area contributed by atoms with Gasteiger partial charge in [-0.05, 0) is 110 Å². The molecule has 4 aliphatic rings. The fraction of sp³-hybridized carbons (Fsp3) is 0.900. The smallest absolute Gasteiger partial charge is 0.109 e. The number of aromatic amines is 1. The highest BCUT2D eigenvalue weighted by atomic mass is 14.9. The highest BCUT2D eigenvalue weighted by molar-refractivity contribution is 5.12. The molecule has 0 amide bonds. The van der Waals surface area contributed by atoms with E-state index in [4.69, 9.17) is 0 Å². The zero-order valence-corrected chi connectivity index (χ0v) is 21.7. The van der Waals surface area contributed by atoms with E-state index in [1.807, 2.05) is 12.4 Å². The Morgan fingerprint density at radius 2 is 1.72 bits per heavy atom. The van der Waals surface area contributed by atoms with Gasteiger partial charge in [-0.3, -0.25) is 0 Å². The largest absolute Gasteiger partial charge is 0.348 e. The predicted molar refractivity (Wildman–Crippen MR) is 134 cm³/mol. The van der Waals surface area contributed by atoms with Gasteiger partial charge in [-0.15, -0.1) is 0 Å². The molecule has 1 N–H and O–H groups in total. The molecule has 0 bridgehead atoms. The number of hydrogen-bond acceptors (Lipinski definition) is 1. The molecule has 1 aromatic heterocycles. The van der Waals surface area contributed by atoms with Gasteiger partial charge in [0.25, 0.3) is 0 Å². The quantitative estimate of drug-likeness (QED) is 0.473. The maximum absolute atomic E-state index is 4.63. The number of imidazole rings is 1. The van der Waals surface area contributed by atoms with Crippen molar-refractivity contribution in [2.45, 2.75) is 118 Å². The molecular formula is C30H50N2. The van der Waals surface area contributed by atoms with Gasteiger partial charge in [0.15, 0.2) is 0 Å². The Morgan fingerprint density at radius 1 is 0.938 bits per heavy atom. The molecule has 1 aromatic rings. The van der Waals surface area contributed by atoms with E-state index < -0.39 is 0 Å². The summed E-state index contributed by atoms with van der Waals surface area (Å²) in [6.45, 7) is 12.8. The average molecular weight is 439 g/mol. The molecule has 4 aliphatic carbocycles. The summed E-state index contributed by atoms with van der Waals surface area (Å²) >= 11 is 0. The van der Waals surface area contributed by atoms with Crippen molar-refractivity contribution in [3.05, 3.63) is 18.2 Å². The molecule has 2 unspecified atom stereocenters. The molecule has 0 radical (unpaired) electrons. The van der Waals surface area contributed by atoms with Crippen LogP contribution in [-0.4, -0.2) is 9.97 Å². The highest BCUT2D eigenvalue weighted by Gasteiger charge is 2.60. The molecule has 0 spiro atoms. The minimum atomic E-state index is 0.592. The van der Waals surface area contributed by atoms with Crippen molar-refractivity contribution in [2.75, 3.05) is 0 Å². The van der Waals surface area contributed by atoms with Crippen LogP contribution in [-0.2, 0) is 0 Å². The van der Waals surface area contributed by atoms with Crippen molar-refractivity contribution < 1.29 is 0 Å². The van der Waals surface area contributed by atoms with Crippen LogP contribution < -0.4 is 0 Å². The van der Waals surface area contributed by atoms with Crippen molar-refractivity contribution >= 4 is 0 Å². The van der Waals surface area contributed by atoms with Gasteiger partial charge >= 0.3 is 0 Å². The fourth-order valence-corrected chi connectivity index (χ4v) is 10.0. The van der Waals surface area contributed by atoms with Crippen LogP contribution in [0.5, 0.6) is 0 Å². The van der Waals surface area contributed by atoms with Crippen LogP contribution in [0.1, 0.15) is 123 Å². The third-order valence-corrected chi connectivity index (χ3v) is 11.8. The van der Waals surface area contributed by atoms with Crippen molar-refractivity contribution in [2.24, 2.45) is 52.3 Å². The van der Waals surface area contributed by atoms with Gasteiger partial charge in [-0.2, -0.15) is 0 Å². The normalized spacial score (nSPS) is 44.7. The number of nitrogens with zero attached hydrogens (tertiary/aromatic N) is 1. The zero-order chi connectivity index (χ0) is 22.5. The summed E-state index contributed by atoms with van der Waals surface area (Å²) in [6.07, 6.45) is 21.5. The van der Waals surface area contributed by atoms with E-state index >= 15 is 0 Å². The van der Waals surface area contributed by atoms with Crippen LogP contribution in [0, 0.1) is 52.3 Å². The maximum atomic E-state index is 4.63. The lowest BCUT2D eigenvalue weighted by atomic mass is 9.44.